The molecule has 0 aliphatic heterocycles. The summed E-state index contributed by atoms with van der Waals surface area (Å²) in [6.45, 7) is 4.42. The summed E-state index contributed by atoms with van der Waals surface area (Å²) in [5.41, 5.74) is 2.19. The molecule has 0 saturated carbocycles. The van der Waals surface area contributed by atoms with Crippen LogP contribution in [0.1, 0.15) is 36.6 Å². The van der Waals surface area contributed by atoms with Crippen LogP contribution in [0.25, 0.3) is 0 Å². The number of hydrogen-bond donors (Lipinski definition) is 0. The molecule has 0 aliphatic rings. The maximum atomic E-state index is 13.3. The van der Waals surface area contributed by atoms with E-state index in [1.807, 2.05) is 49.4 Å². The van der Waals surface area contributed by atoms with Crippen LogP contribution < -0.4 is 0 Å². The van der Waals surface area contributed by atoms with Crippen LogP contribution in [0.4, 0.5) is 0 Å². The van der Waals surface area contributed by atoms with Gasteiger partial charge in [0.25, 0.3) is 0 Å². The molecule has 2 aromatic carbocycles. The second-order valence-electron chi connectivity index (χ2n) is 5.15. The van der Waals surface area contributed by atoms with Gasteiger partial charge in [0.2, 0.25) is 0 Å². The lowest BCUT2D eigenvalue weighted by Gasteiger charge is -2.23. The molecular formula is C18H22ClO2PS2. The van der Waals surface area contributed by atoms with Crippen molar-refractivity contribution in [3.8, 4) is 0 Å². The molecule has 2 rings (SSSR count). The maximum absolute atomic E-state index is 13.3. The van der Waals surface area contributed by atoms with E-state index in [0.29, 0.717) is 11.6 Å². The van der Waals surface area contributed by atoms with Crippen molar-refractivity contribution < 1.29 is 9.09 Å². The van der Waals surface area contributed by atoms with Gasteiger partial charge in [0.15, 0.2) is 0 Å². The highest BCUT2D eigenvalue weighted by Gasteiger charge is 2.30. The predicted octanol–water partition coefficient (Wildman–Crippen LogP) is 7.45. The Hall–Kier alpha value is -0.380. The zero-order chi connectivity index (χ0) is 17.4. The number of rotatable bonds is 9. The van der Waals surface area contributed by atoms with E-state index < -0.39 is 5.77 Å². The van der Waals surface area contributed by atoms with E-state index in [0.717, 1.165) is 23.3 Å². The first kappa shape index (κ1) is 19.9. The molecule has 24 heavy (non-hydrogen) atoms. The standard InChI is InChI=1S/C18H22ClO2PS2/c1-3-14-23-22(20,21-4-2)24-18(15-8-6-5-7-9-15)16-10-12-17(19)13-11-16/h5-13,18H,3-4,14H2,1-2H3. The SMILES string of the molecule is CCCSP(=O)(OCC)SC(c1ccccc1)c1ccc(Cl)cc1. The Kier molecular flexibility index (Phi) is 8.25. The van der Waals surface area contributed by atoms with Crippen molar-refractivity contribution in [1.29, 1.82) is 0 Å². The highest BCUT2D eigenvalue weighted by molar-refractivity contribution is 8.89. The highest BCUT2D eigenvalue weighted by atomic mass is 35.5. The molecule has 2 nitrogen and oxygen atoms in total. The van der Waals surface area contributed by atoms with Gasteiger partial charge in [-0.2, -0.15) is 0 Å². The van der Waals surface area contributed by atoms with Crippen molar-refractivity contribution in [3.05, 3.63) is 70.7 Å². The summed E-state index contributed by atoms with van der Waals surface area (Å²) in [6, 6.07) is 17.9. The van der Waals surface area contributed by atoms with Crippen molar-refractivity contribution in [2.24, 2.45) is 0 Å². The second-order valence-corrected chi connectivity index (χ2v) is 13.1. The minimum absolute atomic E-state index is 0.0507. The summed E-state index contributed by atoms with van der Waals surface area (Å²) < 4.78 is 19.0. The lowest BCUT2D eigenvalue weighted by Crippen LogP contribution is -1.97. The van der Waals surface area contributed by atoms with Crippen LogP contribution in [0.15, 0.2) is 54.6 Å². The van der Waals surface area contributed by atoms with E-state index in [1.54, 1.807) is 0 Å². The quantitative estimate of drug-likeness (QED) is 0.408. The van der Waals surface area contributed by atoms with Gasteiger partial charge in [-0.1, -0.05) is 72.4 Å². The van der Waals surface area contributed by atoms with Gasteiger partial charge in [-0.05, 0) is 48.0 Å². The average Bonchev–Trinajstić information content (AvgIpc) is 2.60. The van der Waals surface area contributed by atoms with Crippen molar-refractivity contribution in [2.75, 3.05) is 12.4 Å². The molecule has 0 bridgehead atoms. The monoisotopic (exact) mass is 400 g/mol. The van der Waals surface area contributed by atoms with Gasteiger partial charge < -0.3 is 4.52 Å². The van der Waals surface area contributed by atoms with Gasteiger partial charge in [0, 0.05) is 10.8 Å². The van der Waals surface area contributed by atoms with Crippen LogP contribution in [0.2, 0.25) is 5.02 Å². The van der Waals surface area contributed by atoms with E-state index in [1.165, 1.54) is 22.8 Å². The summed E-state index contributed by atoms with van der Waals surface area (Å²) >= 11 is 8.88. The van der Waals surface area contributed by atoms with Gasteiger partial charge >= 0.3 is 5.77 Å². The Bertz CT molecular complexity index is 664. The molecule has 2 atom stereocenters. The van der Waals surface area contributed by atoms with Crippen LogP contribution in [0.3, 0.4) is 0 Å². The lowest BCUT2D eigenvalue weighted by atomic mass is 10.0. The topological polar surface area (TPSA) is 26.3 Å². The molecule has 0 saturated heterocycles. The normalized spacial score (nSPS) is 15.0. The average molecular weight is 401 g/mol. The first-order valence-corrected chi connectivity index (χ1v) is 13.0. The van der Waals surface area contributed by atoms with Gasteiger partial charge in [0.1, 0.15) is 0 Å². The number of benzene rings is 2. The van der Waals surface area contributed by atoms with E-state index in [2.05, 4.69) is 19.1 Å². The Morgan fingerprint density at radius 1 is 1.04 bits per heavy atom. The number of halogens is 1. The van der Waals surface area contributed by atoms with Crippen molar-refractivity contribution in [3.63, 3.8) is 0 Å². The maximum Gasteiger partial charge on any atom is 0.314 e. The minimum Gasteiger partial charge on any atom is -0.314 e. The molecule has 0 heterocycles. The van der Waals surface area contributed by atoms with Crippen molar-refractivity contribution >= 4 is 40.1 Å². The van der Waals surface area contributed by atoms with Gasteiger partial charge in [-0.15, -0.1) is 0 Å². The Morgan fingerprint density at radius 3 is 2.25 bits per heavy atom. The predicted molar refractivity (Wildman–Crippen MR) is 109 cm³/mol. The molecule has 130 valence electrons. The molecule has 0 N–H and O–H groups in total. The zero-order valence-corrected chi connectivity index (χ0v) is 17.1. The Labute approximate surface area is 157 Å². The van der Waals surface area contributed by atoms with E-state index in [4.69, 9.17) is 16.1 Å². The summed E-state index contributed by atoms with van der Waals surface area (Å²) in [6.07, 6.45) is 0.971. The minimum atomic E-state index is -2.83. The summed E-state index contributed by atoms with van der Waals surface area (Å²) in [4.78, 5) is 0. The molecule has 0 radical (unpaired) electrons. The first-order valence-electron chi connectivity index (χ1n) is 7.96. The first-order chi connectivity index (χ1) is 11.6. The van der Waals surface area contributed by atoms with E-state index >= 15 is 0 Å². The summed E-state index contributed by atoms with van der Waals surface area (Å²) in [5.74, 6) is -2.01. The van der Waals surface area contributed by atoms with Crippen LogP contribution in [-0.4, -0.2) is 12.4 Å². The Morgan fingerprint density at radius 2 is 1.67 bits per heavy atom. The van der Waals surface area contributed by atoms with Crippen LogP contribution in [-0.2, 0) is 9.09 Å². The summed E-state index contributed by atoms with van der Waals surface area (Å²) in [5, 5.41) is 0.647. The molecule has 0 aromatic heterocycles. The van der Waals surface area contributed by atoms with Crippen molar-refractivity contribution in [1.82, 2.24) is 0 Å². The fourth-order valence-corrected chi connectivity index (χ4v) is 9.97. The van der Waals surface area contributed by atoms with Crippen molar-refractivity contribution in [2.45, 2.75) is 25.5 Å². The molecule has 2 unspecified atom stereocenters. The van der Waals surface area contributed by atoms with E-state index in [-0.39, 0.29) is 5.25 Å². The fourth-order valence-electron chi connectivity index (χ4n) is 2.17. The largest absolute Gasteiger partial charge is 0.314 e. The molecule has 0 amide bonds. The molecule has 0 fully saturated rings. The zero-order valence-electron chi connectivity index (χ0n) is 13.9. The van der Waals surface area contributed by atoms with Gasteiger partial charge in [-0.3, -0.25) is 4.57 Å². The van der Waals surface area contributed by atoms with Gasteiger partial charge in [-0.25, -0.2) is 0 Å². The molecule has 2 aromatic rings. The summed E-state index contributed by atoms with van der Waals surface area (Å²) in [7, 11) is 0. The second kappa shape index (κ2) is 9.94. The van der Waals surface area contributed by atoms with Gasteiger partial charge in [0.05, 0.1) is 11.9 Å². The third-order valence-corrected chi connectivity index (χ3v) is 11.3. The fraction of sp³-hybridized carbons (Fsp3) is 0.333. The third-order valence-electron chi connectivity index (χ3n) is 3.25. The smallest absolute Gasteiger partial charge is 0.314 e. The van der Waals surface area contributed by atoms with Crippen LogP contribution in [0, 0.1) is 0 Å². The molecule has 6 heteroatoms. The van der Waals surface area contributed by atoms with Crippen LogP contribution in [0.5, 0.6) is 0 Å². The van der Waals surface area contributed by atoms with E-state index in [9.17, 15) is 4.57 Å². The molecular weight excluding hydrogens is 379 g/mol. The molecule has 0 spiro atoms. The third kappa shape index (κ3) is 5.86. The number of hydrogen-bond acceptors (Lipinski definition) is 4. The Balaban J connectivity index is 2.34. The molecule has 0 aliphatic carbocycles. The highest BCUT2D eigenvalue weighted by Crippen LogP contribution is 2.74. The lowest BCUT2D eigenvalue weighted by molar-refractivity contribution is 0.357. The van der Waals surface area contributed by atoms with Crippen LogP contribution >= 0.6 is 40.1 Å².